The van der Waals surface area contributed by atoms with Gasteiger partial charge in [-0.1, -0.05) is 12.1 Å². The smallest absolute Gasteiger partial charge is 0.208 e. The molecule has 0 spiro atoms. The number of ketones is 1. The van der Waals surface area contributed by atoms with Gasteiger partial charge in [0.2, 0.25) is 5.78 Å². The quantitative estimate of drug-likeness (QED) is 0.613. The Labute approximate surface area is 130 Å². The lowest BCUT2D eigenvalue weighted by Gasteiger charge is -2.42. The molecule has 1 aromatic heterocycles. The van der Waals surface area contributed by atoms with Crippen molar-refractivity contribution in [1.29, 1.82) is 0 Å². The predicted octanol–water partition coefficient (Wildman–Crippen LogP) is 4.34. The van der Waals surface area contributed by atoms with Crippen LogP contribution < -0.4 is 0 Å². The van der Waals surface area contributed by atoms with Crippen molar-refractivity contribution in [2.24, 2.45) is 0 Å². The molecule has 0 bridgehead atoms. The highest BCUT2D eigenvalue weighted by Gasteiger charge is 2.45. The van der Waals surface area contributed by atoms with Crippen LogP contribution in [0.3, 0.4) is 0 Å². The Bertz CT molecular complexity index is 514. The van der Waals surface area contributed by atoms with Crippen molar-refractivity contribution in [3.8, 4) is 0 Å². The van der Waals surface area contributed by atoms with Gasteiger partial charge in [-0.05, 0) is 56.6 Å². The summed E-state index contributed by atoms with van der Waals surface area (Å²) in [6.45, 7) is 2.68. The summed E-state index contributed by atoms with van der Waals surface area (Å²) in [6, 6.07) is 3.79. The minimum absolute atomic E-state index is 0.0730. The van der Waals surface area contributed by atoms with E-state index < -0.39 is 11.4 Å². The first kappa shape index (κ1) is 14.9. The van der Waals surface area contributed by atoms with Gasteiger partial charge in [0.15, 0.2) is 11.4 Å². The normalized spacial score (nSPS) is 33.0. The number of hydrogen-bond donors (Lipinski definition) is 0. The van der Waals surface area contributed by atoms with E-state index in [0.717, 1.165) is 43.4 Å². The van der Waals surface area contributed by atoms with Crippen molar-refractivity contribution in [3.05, 3.63) is 34.5 Å². The van der Waals surface area contributed by atoms with E-state index in [9.17, 15) is 4.79 Å². The number of ether oxygens (including phenoxy) is 2. The van der Waals surface area contributed by atoms with Crippen LogP contribution in [-0.4, -0.2) is 23.8 Å². The lowest BCUT2D eigenvalue weighted by atomic mass is 9.85. The van der Waals surface area contributed by atoms with Crippen LogP contribution in [0.4, 0.5) is 0 Å². The van der Waals surface area contributed by atoms with Gasteiger partial charge in [0.1, 0.15) is 0 Å². The molecule has 0 saturated carbocycles. The number of thiophene rings is 1. The second-order valence-corrected chi connectivity index (χ2v) is 6.98. The summed E-state index contributed by atoms with van der Waals surface area (Å²) >= 11 is 1.48. The molecule has 3 nitrogen and oxygen atoms in total. The molecule has 1 fully saturated rings. The molecule has 114 valence electrons. The Morgan fingerprint density at radius 2 is 2.24 bits per heavy atom. The number of carbonyl (C=O) groups is 1. The van der Waals surface area contributed by atoms with Crippen LogP contribution in [0, 0.1) is 0 Å². The summed E-state index contributed by atoms with van der Waals surface area (Å²) in [6.07, 6.45) is 9.76. The van der Waals surface area contributed by atoms with Gasteiger partial charge in [-0.2, -0.15) is 0 Å². The molecular weight excluding hydrogens is 284 g/mol. The molecule has 21 heavy (non-hydrogen) atoms. The summed E-state index contributed by atoms with van der Waals surface area (Å²) < 4.78 is 12.2. The largest absolute Gasteiger partial charge is 0.350 e. The van der Waals surface area contributed by atoms with Crippen LogP contribution >= 0.6 is 11.3 Å². The molecule has 1 aliphatic heterocycles. The molecule has 0 radical (unpaired) electrons. The van der Waals surface area contributed by atoms with Crippen molar-refractivity contribution in [3.63, 3.8) is 0 Å². The van der Waals surface area contributed by atoms with Crippen LogP contribution in [0.5, 0.6) is 0 Å². The molecule has 1 saturated heterocycles. The molecule has 0 aromatic carbocycles. The maximum Gasteiger partial charge on any atom is 0.208 e. The third-order valence-electron chi connectivity index (χ3n) is 4.27. The topological polar surface area (TPSA) is 35.5 Å². The van der Waals surface area contributed by atoms with E-state index in [4.69, 9.17) is 9.47 Å². The first-order valence-corrected chi connectivity index (χ1v) is 8.62. The maximum absolute atomic E-state index is 13.0. The van der Waals surface area contributed by atoms with Gasteiger partial charge in [-0.15, -0.1) is 11.3 Å². The fourth-order valence-corrected chi connectivity index (χ4v) is 3.89. The molecule has 2 heterocycles. The third-order valence-corrected chi connectivity index (χ3v) is 5.13. The molecule has 1 aromatic rings. The van der Waals surface area contributed by atoms with Crippen molar-refractivity contribution in [1.82, 2.24) is 0 Å². The van der Waals surface area contributed by atoms with Gasteiger partial charge in [-0.25, -0.2) is 0 Å². The van der Waals surface area contributed by atoms with Crippen LogP contribution in [-0.2, 0) is 9.47 Å². The number of hydrogen-bond acceptors (Lipinski definition) is 4. The number of allylic oxidation sites excluding steroid dienone is 1. The fourth-order valence-electron chi connectivity index (χ4n) is 3.15. The van der Waals surface area contributed by atoms with Gasteiger partial charge < -0.3 is 9.47 Å². The number of rotatable bonds is 4. The van der Waals surface area contributed by atoms with E-state index in [1.165, 1.54) is 11.3 Å². The fraction of sp³-hybridized carbons (Fsp3) is 0.588. The highest BCUT2D eigenvalue weighted by Crippen LogP contribution is 2.38. The van der Waals surface area contributed by atoms with Gasteiger partial charge in [-0.3, -0.25) is 4.79 Å². The van der Waals surface area contributed by atoms with E-state index >= 15 is 0 Å². The highest BCUT2D eigenvalue weighted by molar-refractivity contribution is 7.12. The Balaban J connectivity index is 1.88. The second-order valence-electron chi connectivity index (χ2n) is 6.03. The molecule has 2 aliphatic rings. The molecular formula is C17H22O3S. The third kappa shape index (κ3) is 3.12. The van der Waals surface area contributed by atoms with Crippen molar-refractivity contribution < 1.29 is 14.3 Å². The first-order valence-electron chi connectivity index (χ1n) is 7.74. The number of carbonyl (C=O) groups excluding carboxylic acids is 1. The monoisotopic (exact) mass is 306 g/mol. The Hall–Kier alpha value is -0.970. The molecule has 0 amide bonds. The first-order chi connectivity index (χ1) is 10.1. The molecule has 2 unspecified atom stereocenters. The zero-order chi connectivity index (χ0) is 14.8. The Morgan fingerprint density at radius 1 is 1.33 bits per heavy atom. The van der Waals surface area contributed by atoms with Crippen LogP contribution in [0.1, 0.15) is 55.1 Å². The van der Waals surface area contributed by atoms with E-state index in [2.05, 4.69) is 6.08 Å². The highest BCUT2D eigenvalue weighted by atomic mass is 32.1. The van der Waals surface area contributed by atoms with Crippen LogP contribution in [0.25, 0.3) is 0 Å². The molecule has 1 aliphatic carbocycles. The standard InChI is InChI=1S/C17H22O3S/c1-16(9-5-6-12-19-16)20-17(10-3-2-4-11-17)15(18)14-8-7-13-21-14/h3,7-8,10,13H,2,4-6,9,11-12H2,1H3. The molecule has 0 N–H and O–H groups in total. The van der Waals surface area contributed by atoms with Gasteiger partial charge in [0, 0.05) is 6.42 Å². The summed E-state index contributed by atoms with van der Waals surface area (Å²) in [4.78, 5) is 13.7. The lowest BCUT2D eigenvalue weighted by Crippen LogP contribution is -2.50. The summed E-state index contributed by atoms with van der Waals surface area (Å²) in [5.74, 6) is -0.573. The van der Waals surface area contributed by atoms with E-state index in [-0.39, 0.29) is 5.78 Å². The zero-order valence-electron chi connectivity index (χ0n) is 12.5. The molecule has 2 atom stereocenters. The van der Waals surface area contributed by atoms with Gasteiger partial charge in [0.25, 0.3) is 0 Å². The van der Waals surface area contributed by atoms with Crippen molar-refractivity contribution >= 4 is 17.1 Å². The predicted molar refractivity (Wildman–Crippen MR) is 83.7 cm³/mol. The summed E-state index contributed by atoms with van der Waals surface area (Å²) in [5.41, 5.74) is -0.852. The van der Waals surface area contributed by atoms with Crippen molar-refractivity contribution in [2.45, 2.75) is 56.8 Å². The summed E-state index contributed by atoms with van der Waals surface area (Å²) in [5, 5.41) is 1.94. The maximum atomic E-state index is 13.0. The van der Waals surface area contributed by atoms with E-state index in [1.807, 2.05) is 30.5 Å². The minimum Gasteiger partial charge on any atom is -0.350 e. The average Bonchev–Trinajstić information content (AvgIpc) is 3.02. The lowest BCUT2D eigenvalue weighted by molar-refractivity contribution is -0.274. The minimum atomic E-state index is -0.852. The second kappa shape index (κ2) is 6.03. The Morgan fingerprint density at radius 3 is 2.86 bits per heavy atom. The SMILES string of the molecule is CC1(OC2(C(=O)c3cccs3)C=CCCC2)CCCCO1. The number of Topliss-reactive ketones (excluding diaryl/α,β-unsaturated/α-hetero) is 1. The molecule has 4 heteroatoms. The average molecular weight is 306 g/mol. The van der Waals surface area contributed by atoms with E-state index in [0.29, 0.717) is 6.61 Å². The van der Waals surface area contributed by atoms with Crippen molar-refractivity contribution in [2.75, 3.05) is 6.61 Å². The summed E-state index contributed by atoms with van der Waals surface area (Å²) in [7, 11) is 0. The Kier molecular flexibility index (Phi) is 4.29. The van der Waals surface area contributed by atoms with Gasteiger partial charge >= 0.3 is 0 Å². The van der Waals surface area contributed by atoms with E-state index in [1.54, 1.807) is 0 Å². The van der Waals surface area contributed by atoms with Gasteiger partial charge in [0.05, 0.1) is 11.5 Å². The zero-order valence-corrected chi connectivity index (χ0v) is 13.3. The van der Waals surface area contributed by atoms with Crippen LogP contribution in [0.2, 0.25) is 0 Å². The molecule has 3 rings (SSSR count). The van der Waals surface area contributed by atoms with Crippen LogP contribution in [0.15, 0.2) is 29.7 Å².